The van der Waals surface area contributed by atoms with Crippen molar-refractivity contribution in [1.82, 2.24) is 14.9 Å². The molecule has 1 N–H and O–H groups in total. The summed E-state index contributed by atoms with van der Waals surface area (Å²) in [4.78, 5) is 4.53. The predicted molar refractivity (Wildman–Crippen MR) is 81.5 cm³/mol. The minimum absolute atomic E-state index is 0.490. The Morgan fingerprint density at radius 1 is 1.21 bits per heavy atom. The van der Waals surface area contributed by atoms with Gasteiger partial charge in [0.25, 0.3) is 0 Å². The number of nitrogens with one attached hydrogen (secondary N) is 1. The molecule has 104 valence electrons. The molecule has 0 aliphatic rings. The van der Waals surface area contributed by atoms with E-state index < -0.39 is 0 Å². The Balaban J connectivity index is 2.32. The van der Waals surface area contributed by atoms with E-state index in [9.17, 15) is 0 Å². The van der Waals surface area contributed by atoms with Crippen molar-refractivity contribution >= 4 is 11.0 Å². The molecule has 1 unspecified atom stereocenters. The molecular weight excluding hydrogens is 234 g/mol. The van der Waals surface area contributed by atoms with Gasteiger partial charge in [0.15, 0.2) is 0 Å². The smallest absolute Gasteiger partial charge is 0.0958 e. The molecule has 1 aromatic carbocycles. The van der Waals surface area contributed by atoms with Gasteiger partial charge in [0, 0.05) is 12.6 Å². The number of rotatable bonds is 5. The average Bonchev–Trinajstić information content (AvgIpc) is 2.72. The Labute approximate surface area is 116 Å². The molecule has 0 saturated carbocycles. The lowest BCUT2D eigenvalue weighted by atomic mass is 10.0. The van der Waals surface area contributed by atoms with Crippen LogP contribution in [0.5, 0.6) is 0 Å². The van der Waals surface area contributed by atoms with Gasteiger partial charge in [0.2, 0.25) is 0 Å². The molecule has 1 atom stereocenters. The van der Waals surface area contributed by atoms with E-state index >= 15 is 0 Å². The van der Waals surface area contributed by atoms with E-state index in [2.05, 4.69) is 61.6 Å². The molecule has 19 heavy (non-hydrogen) atoms. The summed E-state index contributed by atoms with van der Waals surface area (Å²) >= 11 is 0. The molecule has 1 heterocycles. The zero-order valence-electron chi connectivity index (χ0n) is 12.7. The lowest BCUT2D eigenvalue weighted by molar-refractivity contribution is 0.365. The highest BCUT2D eigenvalue weighted by molar-refractivity contribution is 5.77. The number of fused-ring (bicyclic) bond motifs is 1. The molecule has 0 spiro atoms. The quantitative estimate of drug-likeness (QED) is 0.893. The molecule has 1 aromatic heterocycles. The maximum atomic E-state index is 4.53. The predicted octanol–water partition coefficient (Wildman–Crippen LogP) is 3.29. The van der Waals surface area contributed by atoms with Crippen LogP contribution >= 0.6 is 0 Å². The molecule has 0 aliphatic heterocycles. The number of benzene rings is 1. The normalized spacial score (nSPS) is 13.4. The largest absolute Gasteiger partial charge is 0.329 e. The van der Waals surface area contributed by atoms with Gasteiger partial charge >= 0.3 is 0 Å². The van der Waals surface area contributed by atoms with Gasteiger partial charge in [-0.15, -0.1) is 0 Å². The van der Waals surface area contributed by atoms with Crippen molar-refractivity contribution < 1.29 is 0 Å². The zero-order chi connectivity index (χ0) is 14.0. The topological polar surface area (TPSA) is 29.9 Å². The van der Waals surface area contributed by atoms with E-state index in [-0.39, 0.29) is 0 Å². The summed E-state index contributed by atoms with van der Waals surface area (Å²) in [5.74, 6) is 0.615. The molecule has 0 amide bonds. The maximum Gasteiger partial charge on any atom is 0.0958 e. The van der Waals surface area contributed by atoms with Crippen LogP contribution in [0.4, 0.5) is 0 Å². The number of nitrogens with zero attached hydrogens (tertiary/aromatic N) is 2. The maximum absolute atomic E-state index is 4.53. The van der Waals surface area contributed by atoms with E-state index in [4.69, 9.17) is 0 Å². The Hall–Kier alpha value is -1.35. The SMILES string of the molecule is CCNC(Cn1cnc2cc(C)c(C)cc21)C(C)C. The number of hydrogen-bond donors (Lipinski definition) is 1. The summed E-state index contributed by atoms with van der Waals surface area (Å²) < 4.78 is 2.27. The number of aromatic nitrogens is 2. The first kappa shape index (κ1) is 14.1. The van der Waals surface area contributed by atoms with Crippen molar-refractivity contribution in [3.63, 3.8) is 0 Å². The molecule has 0 bridgehead atoms. The fourth-order valence-electron chi connectivity index (χ4n) is 2.44. The van der Waals surface area contributed by atoms with Crippen molar-refractivity contribution in [3.8, 4) is 0 Å². The summed E-state index contributed by atoms with van der Waals surface area (Å²) in [5.41, 5.74) is 4.98. The van der Waals surface area contributed by atoms with Crippen molar-refractivity contribution in [1.29, 1.82) is 0 Å². The molecule has 0 saturated heterocycles. The van der Waals surface area contributed by atoms with Gasteiger partial charge in [-0.2, -0.15) is 0 Å². The summed E-state index contributed by atoms with van der Waals surface area (Å²) in [7, 11) is 0. The first-order chi connectivity index (χ1) is 9.02. The summed E-state index contributed by atoms with van der Waals surface area (Å²) in [5, 5.41) is 3.56. The lowest BCUT2D eigenvalue weighted by Crippen LogP contribution is -2.37. The second-order valence-electron chi connectivity index (χ2n) is 5.73. The van der Waals surface area contributed by atoms with Crippen molar-refractivity contribution in [2.45, 2.75) is 47.2 Å². The molecule has 0 aliphatic carbocycles. The van der Waals surface area contributed by atoms with Crippen LogP contribution in [0.2, 0.25) is 0 Å². The number of likely N-dealkylation sites (N-methyl/N-ethyl adjacent to an activating group) is 1. The van der Waals surface area contributed by atoms with E-state index in [0.717, 1.165) is 18.6 Å². The van der Waals surface area contributed by atoms with Gasteiger partial charge in [0.05, 0.1) is 17.4 Å². The minimum Gasteiger partial charge on any atom is -0.329 e. The van der Waals surface area contributed by atoms with Crippen molar-refractivity contribution in [2.75, 3.05) is 6.54 Å². The Morgan fingerprint density at radius 3 is 2.53 bits per heavy atom. The molecule has 3 heteroatoms. The second kappa shape index (κ2) is 5.74. The number of imidazole rings is 1. The van der Waals surface area contributed by atoms with Crippen LogP contribution < -0.4 is 5.32 Å². The standard InChI is InChI=1S/C16H25N3/c1-6-17-15(11(2)3)9-19-10-18-14-7-12(4)13(5)8-16(14)19/h7-8,10-11,15,17H,6,9H2,1-5H3. The Morgan fingerprint density at radius 2 is 1.89 bits per heavy atom. The first-order valence-electron chi connectivity index (χ1n) is 7.18. The van der Waals surface area contributed by atoms with Gasteiger partial charge in [-0.3, -0.25) is 0 Å². The Bertz CT molecular complexity index is 554. The minimum atomic E-state index is 0.490. The second-order valence-corrected chi connectivity index (χ2v) is 5.73. The van der Waals surface area contributed by atoms with Crippen molar-refractivity contribution in [2.24, 2.45) is 5.92 Å². The zero-order valence-corrected chi connectivity index (χ0v) is 12.7. The molecule has 3 nitrogen and oxygen atoms in total. The van der Waals surface area contributed by atoms with Crippen LogP contribution in [-0.2, 0) is 6.54 Å². The fraction of sp³-hybridized carbons (Fsp3) is 0.562. The third-order valence-corrected chi connectivity index (χ3v) is 3.90. The van der Waals surface area contributed by atoms with Crippen LogP contribution in [0, 0.1) is 19.8 Å². The average molecular weight is 259 g/mol. The first-order valence-corrected chi connectivity index (χ1v) is 7.18. The highest BCUT2D eigenvalue weighted by Crippen LogP contribution is 2.19. The van der Waals surface area contributed by atoms with Gasteiger partial charge < -0.3 is 9.88 Å². The highest BCUT2D eigenvalue weighted by Gasteiger charge is 2.14. The van der Waals surface area contributed by atoms with Crippen molar-refractivity contribution in [3.05, 3.63) is 29.6 Å². The highest BCUT2D eigenvalue weighted by atomic mass is 15.1. The lowest BCUT2D eigenvalue weighted by Gasteiger charge is -2.22. The van der Waals surface area contributed by atoms with Crippen LogP contribution in [-0.4, -0.2) is 22.1 Å². The molecule has 0 radical (unpaired) electrons. The third kappa shape index (κ3) is 2.98. The summed E-state index contributed by atoms with van der Waals surface area (Å²) in [6.45, 7) is 13.0. The van der Waals surface area contributed by atoms with Gasteiger partial charge in [-0.25, -0.2) is 4.98 Å². The van der Waals surface area contributed by atoms with Gasteiger partial charge in [-0.05, 0) is 49.6 Å². The van der Waals surface area contributed by atoms with E-state index in [1.165, 1.54) is 16.6 Å². The number of aryl methyl sites for hydroxylation is 2. The van der Waals surface area contributed by atoms with E-state index in [0.29, 0.717) is 12.0 Å². The molecular formula is C16H25N3. The monoisotopic (exact) mass is 259 g/mol. The summed E-state index contributed by atoms with van der Waals surface area (Å²) in [6, 6.07) is 4.92. The molecule has 2 aromatic rings. The van der Waals surface area contributed by atoms with Crippen LogP contribution in [0.15, 0.2) is 18.5 Å². The molecule has 0 fully saturated rings. The van der Waals surface area contributed by atoms with E-state index in [1.54, 1.807) is 0 Å². The summed E-state index contributed by atoms with van der Waals surface area (Å²) in [6.07, 6.45) is 1.97. The fourth-order valence-corrected chi connectivity index (χ4v) is 2.44. The van der Waals surface area contributed by atoms with Crippen LogP contribution in [0.3, 0.4) is 0 Å². The Kier molecular flexibility index (Phi) is 4.25. The third-order valence-electron chi connectivity index (χ3n) is 3.90. The van der Waals surface area contributed by atoms with E-state index in [1.807, 2.05) is 6.33 Å². The number of hydrogen-bond acceptors (Lipinski definition) is 2. The van der Waals surface area contributed by atoms with Gasteiger partial charge in [0.1, 0.15) is 0 Å². The molecule has 2 rings (SSSR count). The van der Waals surface area contributed by atoms with Gasteiger partial charge in [-0.1, -0.05) is 20.8 Å². The van der Waals surface area contributed by atoms with Crippen LogP contribution in [0.1, 0.15) is 31.9 Å². The van der Waals surface area contributed by atoms with Crippen LogP contribution in [0.25, 0.3) is 11.0 Å².